The Morgan fingerprint density at radius 2 is 1.82 bits per heavy atom. The van der Waals surface area contributed by atoms with Crippen molar-refractivity contribution < 1.29 is 4.42 Å². The zero-order chi connectivity index (χ0) is 15.7. The molecule has 1 aromatic heterocycles. The molecule has 0 unspecified atom stereocenters. The van der Waals surface area contributed by atoms with E-state index in [1.807, 2.05) is 12.1 Å². The number of oxazole rings is 1. The molecule has 1 heterocycles. The number of hydrogen-bond donors (Lipinski definition) is 0. The summed E-state index contributed by atoms with van der Waals surface area (Å²) in [6, 6.07) is 13.4. The number of rotatable bonds is 2. The van der Waals surface area contributed by atoms with Crippen molar-refractivity contribution in [2.24, 2.45) is 5.11 Å². The molecule has 2 aromatic carbocycles. The van der Waals surface area contributed by atoms with Gasteiger partial charge in [-0.2, -0.15) is 0 Å². The van der Waals surface area contributed by atoms with Crippen LogP contribution in [0.3, 0.4) is 0 Å². The van der Waals surface area contributed by atoms with Crippen molar-refractivity contribution in [3.63, 3.8) is 0 Å². The second kappa shape index (κ2) is 5.20. The number of aromatic nitrogens is 1. The van der Waals surface area contributed by atoms with Gasteiger partial charge in [-0.15, -0.1) is 0 Å². The maximum Gasteiger partial charge on any atom is 0.227 e. The van der Waals surface area contributed by atoms with Crippen molar-refractivity contribution in [1.29, 1.82) is 0 Å². The Morgan fingerprint density at radius 1 is 1.09 bits per heavy atom. The molecule has 0 spiro atoms. The van der Waals surface area contributed by atoms with Gasteiger partial charge in [-0.3, -0.25) is 0 Å². The smallest absolute Gasteiger partial charge is 0.227 e. The molecule has 0 aliphatic carbocycles. The van der Waals surface area contributed by atoms with Gasteiger partial charge < -0.3 is 4.42 Å². The molecule has 0 fully saturated rings. The molecule has 5 heteroatoms. The Morgan fingerprint density at radius 3 is 2.45 bits per heavy atom. The van der Waals surface area contributed by atoms with Gasteiger partial charge >= 0.3 is 0 Å². The first kappa shape index (κ1) is 14.2. The van der Waals surface area contributed by atoms with Crippen molar-refractivity contribution in [3.05, 3.63) is 58.5 Å². The third-order valence-electron chi connectivity index (χ3n) is 3.53. The largest absolute Gasteiger partial charge is 0.436 e. The highest BCUT2D eigenvalue weighted by Crippen LogP contribution is 2.29. The highest BCUT2D eigenvalue weighted by molar-refractivity contribution is 5.79. The molecule has 3 rings (SSSR count). The van der Waals surface area contributed by atoms with E-state index in [-0.39, 0.29) is 5.41 Å². The molecule has 22 heavy (non-hydrogen) atoms. The van der Waals surface area contributed by atoms with Crippen LogP contribution in [0.5, 0.6) is 0 Å². The first-order valence-electron chi connectivity index (χ1n) is 7.04. The predicted molar refractivity (Wildman–Crippen MR) is 87.0 cm³/mol. The third kappa shape index (κ3) is 2.67. The zero-order valence-electron chi connectivity index (χ0n) is 12.7. The molecule has 0 N–H and O–H groups in total. The van der Waals surface area contributed by atoms with E-state index in [0.29, 0.717) is 17.2 Å². The Bertz CT molecular complexity index is 866. The van der Waals surface area contributed by atoms with Gasteiger partial charge in [0, 0.05) is 16.2 Å². The van der Waals surface area contributed by atoms with E-state index < -0.39 is 0 Å². The van der Waals surface area contributed by atoms with Gasteiger partial charge in [0.25, 0.3) is 0 Å². The van der Waals surface area contributed by atoms with Crippen LogP contribution in [0.15, 0.2) is 52.0 Å². The van der Waals surface area contributed by atoms with Crippen LogP contribution in [-0.2, 0) is 5.41 Å². The van der Waals surface area contributed by atoms with Crippen LogP contribution in [-0.4, -0.2) is 4.98 Å². The molecule has 0 saturated heterocycles. The van der Waals surface area contributed by atoms with Gasteiger partial charge in [0.15, 0.2) is 5.58 Å². The fourth-order valence-corrected chi connectivity index (χ4v) is 2.26. The minimum absolute atomic E-state index is 0.115. The average Bonchev–Trinajstić information content (AvgIpc) is 2.90. The SMILES string of the molecule is CC(C)(C)c1ccc(-c2nc3ccc(N=[N+]=[N-])cc3o2)cc1. The van der Waals surface area contributed by atoms with Crippen LogP contribution in [0.25, 0.3) is 33.0 Å². The highest BCUT2D eigenvalue weighted by Gasteiger charge is 2.14. The van der Waals surface area contributed by atoms with Crippen molar-refractivity contribution in [3.8, 4) is 11.5 Å². The second-order valence-electron chi connectivity index (χ2n) is 6.19. The second-order valence-corrected chi connectivity index (χ2v) is 6.19. The Balaban J connectivity index is 2.01. The van der Waals surface area contributed by atoms with E-state index in [0.717, 1.165) is 11.1 Å². The van der Waals surface area contributed by atoms with Crippen molar-refractivity contribution >= 4 is 16.8 Å². The molecule has 5 nitrogen and oxygen atoms in total. The molecule has 110 valence electrons. The summed E-state index contributed by atoms with van der Waals surface area (Å²) in [6.45, 7) is 6.54. The van der Waals surface area contributed by atoms with E-state index in [9.17, 15) is 0 Å². The first-order valence-corrected chi connectivity index (χ1v) is 7.04. The Hall–Kier alpha value is -2.78. The van der Waals surface area contributed by atoms with Crippen LogP contribution in [0.4, 0.5) is 5.69 Å². The van der Waals surface area contributed by atoms with Crippen LogP contribution >= 0.6 is 0 Å². The van der Waals surface area contributed by atoms with Crippen LogP contribution in [0.2, 0.25) is 0 Å². The number of hydrogen-bond acceptors (Lipinski definition) is 3. The van der Waals surface area contributed by atoms with Crippen LogP contribution in [0, 0.1) is 0 Å². The van der Waals surface area contributed by atoms with Gasteiger partial charge in [-0.1, -0.05) is 44.1 Å². The molecule has 0 atom stereocenters. The lowest BCUT2D eigenvalue weighted by Crippen LogP contribution is -2.10. The summed E-state index contributed by atoms with van der Waals surface area (Å²) in [4.78, 5) is 7.25. The van der Waals surface area contributed by atoms with E-state index in [1.165, 1.54) is 5.56 Å². The lowest BCUT2D eigenvalue weighted by Gasteiger charge is -2.18. The van der Waals surface area contributed by atoms with Gasteiger partial charge in [-0.05, 0) is 40.8 Å². The van der Waals surface area contributed by atoms with Gasteiger partial charge in [-0.25, -0.2) is 4.98 Å². The topological polar surface area (TPSA) is 74.8 Å². The van der Waals surface area contributed by atoms with Crippen molar-refractivity contribution in [1.82, 2.24) is 4.98 Å². The minimum Gasteiger partial charge on any atom is -0.436 e. The quantitative estimate of drug-likeness (QED) is 0.343. The van der Waals surface area contributed by atoms with Crippen molar-refractivity contribution in [2.45, 2.75) is 26.2 Å². The minimum atomic E-state index is 0.115. The monoisotopic (exact) mass is 292 g/mol. The number of benzene rings is 2. The predicted octanol–water partition coefficient (Wildman–Crippen LogP) is 5.73. The average molecular weight is 292 g/mol. The number of fused-ring (bicyclic) bond motifs is 1. The summed E-state index contributed by atoms with van der Waals surface area (Å²) in [5, 5.41) is 3.57. The van der Waals surface area contributed by atoms with E-state index in [4.69, 9.17) is 9.95 Å². The standard InChI is InChI=1S/C17H16N4O/c1-17(2,3)12-6-4-11(5-7-12)16-19-14-9-8-13(20-21-18)10-15(14)22-16/h4-10H,1-3H3. The molecule has 0 amide bonds. The van der Waals surface area contributed by atoms with Crippen molar-refractivity contribution in [2.75, 3.05) is 0 Å². The number of nitrogens with zero attached hydrogens (tertiary/aromatic N) is 4. The van der Waals surface area contributed by atoms with E-state index in [2.05, 4.69) is 47.9 Å². The van der Waals surface area contributed by atoms with Crippen LogP contribution < -0.4 is 0 Å². The fourth-order valence-electron chi connectivity index (χ4n) is 2.26. The highest BCUT2D eigenvalue weighted by atomic mass is 16.3. The van der Waals surface area contributed by atoms with E-state index >= 15 is 0 Å². The lowest BCUT2D eigenvalue weighted by molar-refractivity contribution is 0.589. The fraction of sp³-hybridized carbons (Fsp3) is 0.235. The maximum absolute atomic E-state index is 8.48. The molecule has 0 aliphatic rings. The molecule has 0 bridgehead atoms. The van der Waals surface area contributed by atoms with E-state index in [1.54, 1.807) is 18.2 Å². The molecular weight excluding hydrogens is 276 g/mol. The molecular formula is C17H16N4O. The summed E-state index contributed by atoms with van der Waals surface area (Å²) in [5.74, 6) is 0.563. The zero-order valence-corrected chi connectivity index (χ0v) is 12.7. The third-order valence-corrected chi connectivity index (χ3v) is 3.53. The Labute approximate surface area is 128 Å². The molecule has 3 aromatic rings. The van der Waals surface area contributed by atoms with Gasteiger partial charge in [0.1, 0.15) is 5.52 Å². The maximum atomic E-state index is 8.48. The summed E-state index contributed by atoms with van der Waals surface area (Å²) in [6.07, 6.45) is 0. The molecule has 0 aliphatic heterocycles. The number of azide groups is 1. The van der Waals surface area contributed by atoms with Gasteiger partial charge in [0.2, 0.25) is 5.89 Å². The normalized spacial score (nSPS) is 11.4. The van der Waals surface area contributed by atoms with Gasteiger partial charge in [0.05, 0.1) is 0 Å². The molecule has 0 saturated carbocycles. The summed E-state index contributed by atoms with van der Waals surface area (Å²) in [5.41, 5.74) is 12.6. The Kier molecular flexibility index (Phi) is 3.35. The summed E-state index contributed by atoms with van der Waals surface area (Å²) < 4.78 is 5.77. The lowest BCUT2D eigenvalue weighted by atomic mass is 9.87. The van der Waals surface area contributed by atoms with Crippen LogP contribution in [0.1, 0.15) is 26.3 Å². The first-order chi connectivity index (χ1) is 10.5. The summed E-state index contributed by atoms with van der Waals surface area (Å²) in [7, 11) is 0. The summed E-state index contributed by atoms with van der Waals surface area (Å²) >= 11 is 0. The molecule has 0 radical (unpaired) electrons.